The van der Waals surface area contributed by atoms with E-state index < -0.39 is 5.60 Å². The smallest absolute Gasteiger partial charge is 0.121 e. The molecule has 0 fully saturated rings. The first kappa shape index (κ1) is 13.1. The van der Waals surface area contributed by atoms with Crippen LogP contribution >= 0.6 is 11.6 Å². The van der Waals surface area contributed by atoms with E-state index in [4.69, 9.17) is 16.3 Å². The minimum absolute atomic E-state index is 0.455. The summed E-state index contributed by atoms with van der Waals surface area (Å²) in [7, 11) is 1.61. The summed E-state index contributed by atoms with van der Waals surface area (Å²) in [5, 5.41) is 13.6. The van der Waals surface area contributed by atoms with Crippen molar-refractivity contribution in [3.63, 3.8) is 0 Å². The minimum atomic E-state index is -0.730. The highest BCUT2D eigenvalue weighted by Crippen LogP contribution is 2.27. The fourth-order valence-electron chi connectivity index (χ4n) is 1.18. The number of methoxy groups -OCH3 is 1. The highest BCUT2D eigenvalue weighted by molar-refractivity contribution is 6.33. The van der Waals surface area contributed by atoms with E-state index in [-0.39, 0.29) is 0 Å². The molecule has 1 atom stereocenters. The monoisotopic (exact) mass is 243 g/mol. The molecular formula is C12H18ClNO2. The summed E-state index contributed by atoms with van der Waals surface area (Å²) in [4.78, 5) is 0. The zero-order valence-electron chi connectivity index (χ0n) is 9.88. The Morgan fingerprint density at radius 3 is 2.75 bits per heavy atom. The second-order valence-corrected chi connectivity index (χ2v) is 4.46. The molecule has 0 amide bonds. The summed E-state index contributed by atoms with van der Waals surface area (Å²) in [6.07, 6.45) is 0.682. The minimum Gasteiger partial charge on any atom is -0.497 e. The molecule has 0 saturated heterocycles. The number of nitrogens with one attached hydrogen (secondary N) is 1. The van der Waals surface area contributed by atoms with Gasteiger partial charge in [0.15, 0.2) is 0 Å². The van der Waals surface area contributed by atoms with Crippen molar-refractivity contribution in [1.29, 1.82) is 0 Å². The van der Waals surface area contributed by atoms with E-state index in [1.807, 2.05) is 13.0 Å². The second-order valence-electron chi connectivity index (χ2n) is 4.05. The van der Waals surface area contributed by atoms with Crippen LogP contribution in [-0.2, 0) is 0 Å². The van der Waals surface area contributed by atoms with Gasteiger partial charge in [0.1, 0.15) is 5.75 Å². The first-order chi connectivity index (χ1) is 7.48. The highest BCUT2D eigenvalue weighted by Gasteiger charge is 2.17. The van der Waals surface area contributed by atoms with Gasteiger partial charge >= 0.3 is 0 Å². The number of halogens is 1. The van der Waals surface area contributed by atoms with Crippen LogP contribution in [0, 0.1) is 0 Å². The molecule has 0 aliphatic rings. The van der Waals surface area contributed by atoms with Crippen molar-refractivity contribution >= 4 is 17.3 Å². The number of ether oxygens (including phenoxy) is 1. The summed E-state index contributed by atoms with van der Waals surface area (Å²) >= 11 is 6.03. The van der Waals surface area contributed by atoms with Crippen LogP contribution in [0.2, 0.25) is 5.02 Å². The lowest BCUT2D eigenvalue weighted by Gasteiger charge is -2.22. The molecule has 0 heterocycles. The van der Waals surface area contributed by atoms with Crippen LogP contribution in [0.4, 0.5) is 5.69 Å². The second kappa shape index (κ2) is 5.41. The Hall–Kier alpha value is -0.930. The number of hydrogen-bond donors (Lipinski definition) is 2. The van der Waals surface area contributed by atoms with E-state index in [9.17, 15) is 5.11 Å². The molecule has 0 radical (unpaired) electrons. The number of rotatable bonds is 5. The quantitative estimate of drug-likeness (QED) is 0.836. The van der Waals surface area contributed by atoms with E-state index in [1.54, 1.807) is 26.2 Å². The molecule has 0 aliphatic carbocycles. The summed E-state index contributed by atoms with van der Waals surface area (Å²) in [6.45, 7) is 4.18. The van der Waals surface area contributed by atoms with Gasteiger partial charge in [-0.1, -0.05) is 18.5 Å². The fourth-order valence-corrected chi connectivity index (χ4v) is 1.36. The molecule has 3 nitrogen and oxygen atoms in total. The number of anilines is 1. The standard InChI is InChI=1S/C12H18ClNO2/c1-4-12(2,15)8-14-11-7-9(16-3)5-6-10(11)13/h5-7,14-15H,4,8H2,1-3H3. The molecule has 1 aromatic carbocycles. The Labute approximate surface area is 101 Å². The van der Waals surface area contributed by atoms with Crippen LogP contribution in [0.25, 0.3) is 0 Å². The van der Waals surface area contributed by atoms with Gasteiger partial charge in [-0.25, -0.2) is 0 Å². The van der Waals surface area contributed by atoms with Gasteiger partial charge in [-0.15, -0.1) is 0 Å². The van der Waals surface area contributed by atoms with Crippen molar-refractivity contribution in [2.75, 3.05) is 19.0 Å². The van der Waals surface area contributed by atoms with Gasteiger partial charge in [0, 0.05) is 12.6 Å². The zero-order chi connectivity index (χ0) is 12.2. The van der Waals surface area contributed by atoms with Gasteiger partial charge in [-0.05, 0) is 25.5 Å². The van der Waals surface area contributed by atoms with E-state index in [0.29, 0.717) is 18.0 Å². The Kier molecular flexibility index (Phi) is 4.44. The maximum absolute atomic E-state index is 9.87. The largest absolute Gasteiger partial charge is 0.497 e. The average Bonchev–Trinajstić information content (AvgIpc) is 2.28. The van der Waals surface area contributed by atoms with Gasteiger partial charge in [-0.2, -0.15) is 0 Å². The molecule has 1 unspecified atom stereocenters. The molecule has 1 rings (SSSR count). The van der Waals surface area contributed by atoms with Gasteiger partial charge < -0.3 is 15.2 Å². The Morgan fingerprint density at radius 2 is 2.19 bits per heavy atom. The Balaban J connectivity index is 2.73. The molecular weight excluding hydrogens is 226 g/mol. The van der Waals surface area contributed by atoms with Crippen molar-refractivity contribution in [2.24, 2.45) is 0 Å². The van der Waals surface area contributed by atoms with Crippen molar-refractivity contribution in [3.05, 3.63) is 23.2 Å². The van der Waals surface area contributed by atoms with Crippen LogP contribution in [-0.4, -0.2) is 24.4 Å². The molecule has 16 heavy (non-hydrogen) atoms. The predicted octanol–water partition coefficient (Wildman–Crippen LogP) is 2.92. The molecule has 0 saturated carbocycles. The van der Waals surface area contributed by atoms with Crippen LogP contribution in [0.1, 0.15) is 20.3 Å². The van der Waals surface area contributed by atoms with Crippen molar-refractivity contribution < 1.29 is 9.84 Å². The lowest BCUT2D eigenvalue weighted by molar-refractivity contribution is 0.0697. The highest BCUT2D eigenvalue weighted by atomic mass is 35.5. The van der Waals surface area contributed by atoms with E-state index in [1.165, 1.54) is 0 Å². The lowest BCUT2D eigenvalue weighted by Crippen LogP contribution is -2.32. The SMILES string of the molecule is CCC(C)(O)CNc1cc(OC)ccc1Cl. The first-order valence-electron chi connectivity index (χ1n) is 5.28. The fraction of sp³-hybridized carbons (Fsp3) is 0.500. The molecule has 90 valence electrons. The number of aliphatic hydroxyl groups is 1. The van der Waals surface area contributed by atoms with Crippen LogP contribution in [0.15, 0.2) is 18.2 Å². The maximum Gasteiger partial charge on any atom is 0.121 e. The van der Waals surface area contributed by atoms with Gasteiger partial charge in [-0.3, -0.25) is 0 Å². The molecule has 0 aliphatic heterocycles. The summed E-state index contributed by atoms with van der Waals surface area (Å²) < 4.78 is 5.11. The average molecular weight is 244 g/mol. The maximum atomic E-state index is 9.87. The van der Waals surface area contributed by atoms with Crippen molar-refractivity contribution in [3.8, 4) is 5.75 Å². The van der Waals surface area contributed by atoms with Gasteiger partial charge in [0.25, 0.3) is 0 Å². The first-order valence-corrected chi connectivity index (χ1v) is 5.66. The number of hydrogen-bond acceptors (Lipinski definition) is 3. The topological polar surface area (TPSA) is 41.5 Å². The van der Waals surface area contributed by atoms with Crippen molar-refractivity contribution in [1.82, 2.24) is 0 Å². The van der Waals surface area contributed by atoms with Gasteiger partial charge in [0.05, 0.1) is 23.4 Å². The molecule has 0 bridgehead atoms. The normalized spacial score (nSPS) is 14.3. The molecule has 1 aromatic rings. The molecule has 4 heteroatoms. The Bertz CT molecular complexity index is 353. The van der Waals surface area contributed by atoms with Crippen LogP contribution in [0.3, 0.4) is 0 Å². The zero-order valence-corrected chi connectivity index (χ0v) is 10.6. The molecule has 0 spiro atoms. The van der Waals surface area contributed by atoms with E-state index >= 15 is 0 Å². The summed E-state index contributed by atoms with van der Waals surface area (Å²) in [5.41, 5.74) is 0.0432. The van der Waals surface area contributed by atoms with Crippen LogP contribution < -0.4 is 10.1 Å². The van der Waals surface area contributed by atoms with Gasteiger partial charge in [0.2, 0.25) is 0 Å². The third-order valence-electron chi connectivity index (χ3n) is 2.59. The Morgan fingerprint density at radius 1 is 1.50 bits per heavy atom. The van der Waals surface area contributed by atoms with E-state index in [2.05, 4.69) is 5.32 Å². The predicted molar refractivity (Wildman–Crippen MR) is 67.4 cm³/mol. The molecule has 2 N–H and O–H groups in total. The third kappa shape index (κ3) is 3.58. The molecule has 0 aromatic heterocycles. The lowest BCUT2D eigenvalue weighted by atomic mass is 10.0. The van der Waals surface area contributed by atoms with Crippen molar-refractivity contribution in [2.45, 2.75) is 25.9 Å². The van der Waals surface area contributed by atoms with Crippen LogP contribution in [0.5, 0.6) is 5.75 Å². The third-order valence-corrected chi connectivity index (χ3v) is 2.92. The summed E-state index contributed by atoms with van der Waals surface area (Å²) in [5.74, 6) is 0.739. The van der Waals surface area contributed by atoms with E-state index in [0.717, 1.165) is 11.4 Å². The number of benzene rings is 1. The summed E-state index contributed by atoms with van der Waals surface area (Å²) in [6, 6.07) is 5.38.